The fourth-order valence-electron chi connectivity index (χ4n) is 2.72. The van der Waals surface area contributed by atoms with Crippen molar-refractivity contribution in [3.05, 3.63) is 35.6 Å². The maximum Gasteiger partial charge on any atom is 0.132 e. The van der Waals surface area contributed by atoms with E-state index >= 15 is 0 Å². The van der Waals surface area contributed by atoms with Crippen LogP contribution < -0.4 is 5.32 Å². The number of nitrogens with one attached hydrogen (secondary N) is 1. The molecular weight excluding hydrogens is 217 g/mol. The largest absolute Gasteiger partial charge is 0.319 e. The average molecular weight is 235 g/mol. The van der Waals surface area contributed by atoms with Crippen LogP contribution in [0.25, 0.3) is 0 Å². The zero-order valence-corrected chi connectivity index (χ0v) is 10.1. The second-order valence-corrected chi connectivity index (χ2v) is 4.86. The van der Waals surface area contributed by atoms with Crippen molar-refractivity contribution in [3.8, 4) is 0 Å². The summed E-state index contributed by atoms with van der Waals surface area (Å²) >= 11 is 0. The fourth-order valence-corrected chi connectivity index (χ4v) is 2.72. The minimum atomic E-state index is -0.208. The third-order valence-corrected chi connectivity index (χ3v) is 3.74. The highest BCUT2D eigenvalue weighted by Crippen LogP contribution is 2.37. The first kappa shape index (κ1) is 12.2. The van der Waals surface area contributed by atoms with E-state index in [2.05, 4.69) is 5.32 Å². The SMILES string of the molecule is CNCC1(c2ccc(F)cc2)CCC(=O)CC1. The van der Waals surface area contributed by atoms with Crippen molar-refractivity contribution in [1.82, 2.24) is 5.32 Å². The summed E-state index contributed by atoms with van der Waals surface area (Å²) in [6.45, 7) is 0.839. The second kappa shape index (κ2) is 4.96. The molecule has 0 unspecified atom stereocenters. The van der Waals surface area contributed by atoms with E-state index in [4.69, 9.17) is 0 Å². The molecule has 92 valence electrons. The summed E-state index contributed by atoms with van der Waals surface area (Å²) in [5, 5.41) is 3.20. The van der Waals surface area contributed by atoms with Gasteiger partial charge in [-0.15, -0.1) is 0 Å². The molecule has 3 heteroatoms. The van der Waals surface area contributed by atoms with E-state index in [0.29, 0.717) is 18.6 Å². The van der Waals surface area contributed by atoms with Gasteiger partial charge in [-0.2, -0.15) is 0 Å². The highest BCUT2D eigenvalue weighted by molar-refractivity contribution is 5.79. The van der Waals surface area contributed by atoms with Crippen LogP contribution in [0, 0.1) is 5.82 Å². The molecule has 1 aromatic rings. The zero-order valence-electron chi connectivity index (χ0n) is 10.1. The van der Waals surface area contributed by atoms with E-state index in [1.807, 2.05) is 19.2 Å². The molecule has 17 heavy (non-hydrogen) atoms. The summed E-state index contributed by atoms with van der Waals surface area (Å²) in [6, 6.07) is 6.71. The lowest BCUT2D eigenvalue weighted by atomic mass is 9.69. The summed E-state index contributed by atoms with van der Waals surface area (Å²) in [6.07, 6.45) is 2.99. The Morgan fingerprint density at radius 3 is 2.35 bits per heavy atom. The number of likely N-dealkylation sites (N-methyl/N-ethyl adjacent to an activating group) is 1. The minimum Gasteiger partial charge on any atom is -0.319 e. The standard InChI is InChI=1S/C14H18FNO/c1-16-10-14(8-6-13(17)7-9-14)11-2-4-12(15)5-3-11/h2-5,16H,6-10H2,1H3. The van der Waals surface area contributed by atoms with Gasteiger partial charge < -0.3 is 5.32 Å². The normalized spacial score (nSPS) is 19.3. The number of ketones is 1. The number of rotatable bonds is 3. The van der Waals surface area contributed by atoms with Crippen molar-refractivity contribution in [1.29, 1.82) is 0 Å². The van der Waals surface area contributed by atoms with Gasteiger partial charge >= 0.3 is 0 Å². The molecule has 0 aliphatic heterocycles. The molecule has 0 amide bonds. The number of benzene rings is 1. The van der Waals surface area contributed by atoms with Crippen molar-refractivity contribution in [3.63, 3.8) is 0 Å². The topological polar surface area (TPSA) is 29.1 Å². The molecule has 0 saturated heterocycles. The van der Waals surface area contributed by atoms with Crippen LogP contribution in [-0.2, 0) is 10.2 Å². The van der Waals surface area contributed by atoms with Gasteiger partial charge in [0, 0.05) is 24.8 Å². The number of hydrogen-bond donors (Lipinski definition) is 1. The summed E-state index contributed by atoms with van der Waals surface area (Å²) in [4.78, 5) is 11.4. The van der Waals surface area contributed by atoms with Crippen LogP contribution in [0.5, 0.6) is 0 Å². The molecule has 0 heterocycles. The quantitative estimate of drug-likeness (QED) is 0.871. The predicted octanol–water partition coefficient (Wildman–Crippen LogP) is 2.43. The fraction of sp³-hybridized carbons (Fsp3) is 0.500. The van der Waals surface area contributed by atoms with Crippen LogP contribution in [-0.4, -0.2) is 19.4 Å². The first-order valence-electron chi connectivity index (χ1n) is 6.09. The first-order chi connectivity index (χ1) is 8.16. The van der Waals surface area contributed by atoms with E-state index in [1.54, 1.807) is 0 Å². The van der Waals surface area contributed by atoms with Crippen LogP contribution in [0.4, 0.5) is 4.39 Å². The molecule has 0 spiro atoms. The Bertz CT molecular complexity index is 389. The third kappa shape index (κ3) is 2.55. The lowest BCUT2D eigenvalue weighted by molar-refractivity contribution is -0.121. The van der Waals surface area contributed by atoms with E-state index in [1.165, 1.54) is 12.1 Å². The van der Waals surface area contributed by atoms with Gasteiger partial charge in [-0.05, 0) is 37.6 Å². The molecular formula is C14H18FNO. The second-order valence-electron chi connectivity index (χ2n) is 4.86. The summed E-state index contributed by atoms with van der Waals surface area (Å²) in [5.74, 6) is 0.138. The smallest absolute Gasteiger partial charge is 0.132 e. The van der Waals surface area contributed by atoms with Gasteiger partial charge in [0.1, 0.15) is 11.6 Å². The highest BCUT2D eigenvalue weighted by atomic mass is 19.1. The molecule has 1 N–H and O–H groups in total. The summed E-state index contributed by atoms with van der Waals surface area (Å²) < 4.78 is 13.0. The molecule has 0 aromatic heterocycles. The van der Waals surface area contributed by atoms with Gasteiger partial charge in [0.25, 0.3) is 0 Å². The van der Waals surface area contributed by atoms with E-state index in [9.17, 15) is 9.18 Å². The maximum atomic E-state index is 13.0. The zero-order chi connectivity index (χ0) is 12.3. The summed E-state index contributed by atoms with van der Waals surface area (Å²) in [7, 11) is 1.92. The molecule has 2 rings (SSSR count). The van der Waals surface area contributed by atoms with Crippen molar-refractivity contribution < 1.29 is 9.18 Å². The van der Waals surface area contributed by atoms with Crippen LogP contribution in [0.15, 0.2) is 24.3 Å². The van der Waals surface area contributed by atoms with Gasteiger partial charge in [0.2, 0.25) is 0 Å². The van der Waals surface area contributed by atoms with Gasteiger partial charge in [0.05, 0.1) is 0 Å². The molecule has 2 nitrogen and oxygen atoms in total. The van der Waals surface area contributed by atoms with Crippen LogP contribution >= 0.6 is 0 Å². The Kier molecular flexibility index (Phi) is 3.57. The van der Waals surface area contributed by atoms with Gasteiger partial charge in [0.15, 0.2) is 0 Å². The van der Waals surface area contributed by atoms with Crippen molar-refractivity contribution in [2.75, 3.05) is 13.6 Å². The number of hydrogen-bond acceptors (Lipinski definition) is 2. The van der Waals surface area contributed by atoms with Gasteiger partial charge in [-0.3, -0.25) is 4.79 Å². The lowest BCUT2D eigenvalue weighted by Gasteiger charge is -2.37. The monoisotopic (exact) mass is 235 g/mol. The van der Waals surface area contributed by atoms with Crippen molar-refractivity contribution in [2.24, 2.45) is 0 Å². The molecule has 1 aromatic carbocycles. The first-order valence-corrected chi connectivity index (χ1v) is 6.09. The Morgan fingerprint density at radius 1 is 1.24 bits per heavy atom. The Labute approximate surface area is 101 Å². The van der Waals surface area contributed by atoms with Crippen LogP contribution in [0.2, 0.25) is 0 Å². The Balaban J connectivity index is 2.27. The highest BCUT2D eigenvalue weighted by Gasteiger charge is 2.35. The van der Waals surface area contributed by atoms with Gasteiger partial charge in [-0.1, -0.05) is 12.1 Å². The predicted molar refractivity (Wildman–Crippen MR) is 65.5 cm³/mol. The molecule has 1 fully saturated rings. The van der Waals surface area contributed by atoms with Crippen LogP contribution in [0.1, 0.15) is 31.2 Å². The molecule has 1 saturated carbocycles. The number of halogens is 1. The molecule has 0 atom stereocenters. The van der Waals surface area contributed by atoms with E-state index in [0.717, 1.165) is 24.9 Å². The molecule has 0 bridgehead atoms. The molecule has 1 aliphatic rings. The Morgan fingerprint density at radius 2 is 1.82 bits per heavy atom. The van der Waals surface area contributed by atoms with Crippen LogP contribution in [0.3, 0.4) is 0 Å². The number of carbonyl (C=O) groups excluding carboxylic acids is 1. The number of Topliss-reactive ketones (excluding diaryl/α,β-unsaturated/α-hetero) is 1. The average Bonchev–Trinajstić information content (AvgIpc) is 2.34. The third-order valence-electron chi connectivity index (χ3n) is 3.74. The minimum absolute atomic E-state index is 0.00361. The van der Waals surface area contributed by atoms with Gasteiger partial charge in [-0.25, -0.2) is 4.39 Å². The maximum absolute atomic E-state index is 13.0. The molecule has 1 aliphatic carbocycles. The van der Waals surface area contributed by atoms with E-state index in [-0.39, 0.29) is 11.2 Å². The lowest BCUT2D eigenvalue weighted by Crippen LogP contribution is -2.40. The van der Waals surface area contributed by atoms with Crippen molar-refractivity contribution >= 4 is 5.78 Å². The Hall–Kier alpha value is -1.22. The van der Waals surface area contributed by atoms with Crippen molar-refractivity contribution in [2.45, 2.75) is 31.1 Å². The van der Waals surface area contributed by atoms with E-state index < -0.39 is 0 Å². The molecule has 0 radical (unpaired) electrons. The number of carbonyl (C=O) groups is 1. The summed E-state index contributed by atoms with van der Waals surface area (Å²) in [5.41, 5.74) is 1.14.